The standard InChI is InChI=1S/C23H26N4O3.CH2O2/c28-22-14-18(17-6-7-20-19(15-24-26-20)23(17)25-22)16-4-1-2-5-21(16)30-11-3-8-27-9-12-29-13-10-27;2-1-3/h1-2,4-7,15,18H,3,8-14H2,(H,24,26)(H,25,28);1H,(H,2,3). The molecule has 9 nitrogen and oxygen atoms in total. The van der Waals surface area contributed by atoms with Crippen LogP contribution in [0.5, 0.6) is 5.75 Å². The summed E-state index contributed by atoms with van der Waals surface area (Å²) in [5, 5.41) is 18.0. The molecule has 1 atom stereocenters. The second kappa shape index (κ2) is 10.9. The van der Waals surface area contributed by atoms with Crippen molar-refractivity contribution >= 4 is 29.0 Å². The van der Waals surface area contributed by atoms with Gasteiger partial charge in [0.1, 0.15) is 5.75 Å². The van der Waals surface area contributed by atoms with Gasteiger partial charge in [-0.2, -0.15) is 5.10 Å². The van der Waals surface area contributed by atoms with E-state index in [1.165, 1.54) is 0 Å². The fourth-order valence-corrected chi connectivity index (χ4v) is 4.42. The van der Waals surface area contributed by atoms with Crippen molar-refractivity contribution in [3.05, 3.63) is 53.7 Å². The number of carbonyl (C=O) groups is 2. The van der Waals surface area contributed by atoms with Gasteiger partial charge in [-0.1, -0.05) is 24.3 Å². The number of nitrogens with one attached hydrogen (secondary N) is 2. The summed E-state index contributed by atoms with van der Waals surface area (Å²) in [4.78, 5) is 23.3. The first-order valence-corrected chi connectivity index (χ1v) is 11.1. The smallest absolute Gasteiger partial charge is 0.290 e. The molecule has 2 aliphatic heterocycles. The Balaban J connectivity index is 0.000000821. The predicted molar refractivity (Wildman–Crippen MR) is 124 cm³/mol. The van der Waals surface area contributed by atoms with E-state index < -0.39 is 0 Å². The summed E-state index contributed by atoms with van der Waals surface area (Å²) in [6.45, 7) is 5.03. The van der Waals surface area contributed by atoms with Crippen LogP contribution in [0, 0.1) is 0 Å². The van der Waals surface area contributed by atoms with Crippen LogP contribution >= 0.6 is 0 Å². The van der Waals surface area contributed by atoms with Gasteiger partial charge in [0.15, 0.2) is 0 Å². The molecular weight excluding hydrogens is 424 g/mol. The van der Waals surface area contributed by atoms with E-state index in [-0.39, 0.29) is 18.3 Å². The van der Waals surface area contributed by atoms with Crippen LogP contribution in [0.4, 0.5) is 5.69 Å². The van der Waals surface area contributed by atoms with Gasteiger partial charge in [0.05, 0.1) is 37.2 Å². The minimum Gasteiger partial charge on any atom is -0.493 e. The van der Waals surface area contributed by atoms with Crippen molar-refractivity contribution in [1.82, 2.24) is 15.1 Å². The van der Waals surface area contributed by atoms with Crippen LogP contribution in [0.25, 0.3) is 10.9 Å². The summed E-state index contributed by atoms with van der Waals surface area (Å²) >= 11 is 0. The zero-order valence-corrected chi connectivity index (χ0v) is 18.3. The fraction of sp³-hybridized carbons (Fsp3) is 0.375. The molecule has 2 aromatic carbocycles. The molecule has 9 heteroatoms. The Kier molecular flexibility index (Phi) is 7.54. The van der Waals surface area contributed by atoms with Crippen molar-refractivity contribution < 1.29 is 24.2 Å². The number of benzene rings is 2. The quantitative estimate of drug-likeness (QED) is 0.389. The maximum Gasteiger partial charge on any atom is 0.290 e. The average molecular weight is 453 g/mol. The maximum absolute atomic E-state index is 12.5. The highest BCUT2D eigenvalue weighted by molar-refractivity contribution is 6.05. The van der Waals surface area contributed by atoms with Crippen molar-refractivity contribution in [3.8, 4) is 5.75 Å². The topological polar surface area (TPSA) is 117 Å². The molecule has 33 heavy (non-hydrogen) atoms. The van der Waals surface area contributed by atoms with Gasteiger partial charge in [0.2, 0.25) is 5.91 Å². The van der Waals surface area contributed by atoms with E-state index in [1.807, 2.05) is 24.3 Å². The van der Waals surface area contributed by atoms with E-state index >= 15 is 0 Å². The second-order valence-electron chi connectivity index (χ2n) is 7.97. The third kappa shape index (κ3) is 5.32. The minimum atomic E-state index is -0.250. The normalized spacial score (nSPS) is 18.1. The molecule has 5 rings (SSSR count). The number of nitrogens with zero attached hydrogens (tertiary/aromatic N) is 2. The number of para-hydroxylation sites is 1. The third-order valence-corrected chi connectivity index (χ3v) is 5.96. The number of H-pyrrole nitrogens is 1. The van der Waals surface area contributed by atoms with Gasteiger partial charge in [-0.05, 0) is 24.1 Å². The van der Waals surface area contributed by atoms with Crippen LogP contribution in [-0.4, -0.2) is 72.0 Å². The fourth-order valence-electron chi connectivity index (χ4n) is 4.42. The van der Waals surface area contributed by atoms with Crippen LogP contribution < -0.4 is 10.1 Å². The highest BCUT2D eigenvalue weighted by Crippen LogP contribution is 2.43. The van der Waals surface area contributed by atoms with Crippen LogP contribution in [0.1, 0.15) is 29.9 Å². The van der Waals surface area contributed by atoms with E-state index in [1.54, 1.807) is 6.20 Å². The Morgan fingerprint density at radius 1 is 1.18 bits per heavy atom. The van der Waals surface area contributed by atoms with Gasteiger partial charge < -0.3 is 19.9 Å². The lowest BCUT2D eigenvalue weighted by Crippen LogP contribution is -2.37. The van der Waals surface area contributed by atoms with Gasteiger partial charge in [-0.15, -0.1) is 0 Å². The SMILES string of the molecule is O=C1CC(c2ccccc2OCCCN2CCOCC2)c2ccc3[nH]ncc3c2N1.O=CO. The van der Waals surface area contributed by atoms with Crippen molar-refractivity contribution in [1.29, 1.82) is 0 Å². The molecule has 174 valence electrons. The van der Waals surface area contributed by atoms with E-state index in [0.717, 1.165) is 72.7 Å². The first-order chi connectivity index (χ1) is 16.2. The molecule has 1 fully saturated rings. The molecule has 1 amide bonds. The average Bonchev–Trinajstić information content (AvgIpc) is 3.32. The third-order valence-electron chi connectivity index (χ3n) is 5.96. The number of carboxylic acid groups (broad SMARTS) is 1. The number of aromatic amines is 1. The number of aromatic nitrogens is 2. The summed E-state index contributed by atoms with van der Waals surface area (Å²) in [6, 6.07) is 12.2. The Hall–Kier alpha value is -3.43. The van der Waals surface area contributed by atoms with Crippen molar-refractivity contribution in [2.75, 3.05) is 44.8 Å². The molecule has 3 aromatic rings. The van der Waals surface area contributed by atoms with E-state index in [0.29, 0.717) is 13.0 Å². The number of amides is 1. The molecule has 3 N–H and O–H groups in total. The van der Waals surface area contributed by atoms with E-state index in [9.17, 15) is 4.79 Å². The monoisotopic (exact) mass is 452 g/mol. The Labute approximate surface area is 191 Å². The lowest BCUT2D eigenvalue weighted by Gasteiger charge is -2.28. The summed E-state index contributed by atoms with van der Waals surface area (Å²) < 4.78 is 11.6. The number of fused-ring (bicyclic) bond motifs is 3. The lowest BCUT2D eigenvalue weighted by atomic mass is 9.83. The number of anilines is 1. The minimum absolute atomic E-state index is 0.0170. The summed E-state index contributed by atoms with van der Waals surface area (Å²) in [5.41, 5.74) is 3.93. The summed E-state index contributed by atoms with van der Waals surface area (Å²) in [6.07, 6.45) is 3.14. The number of carbonyl (C=O) groups excluding carboxylic acids is 1. The van der Waals surface area contributed by atoms with Gasteiger partial charge in [-0.3, -0.25) is 19.6 Å². The lowest BCUT2D eigenvalue weighted by molar-refractivity contribution is -0.123. The number of hydrogen-bond acceptors (Lipinski definition) is 6. The number of hydrogen-bond donors (Lipinski definition) is 3. The van der Waals surface area contributed by atoms with Crippen LogP contribution in [0.2, 0.25) is 0 Å². The molecule has 0 bridgehead atoms. The largest absolute Gasteiger partial charge is 0.493 e. The molecule has 1 unspecified atom stereocenters. The van der Waals surface area contributed by atoms with Gasteiger partial charge in [0.25, 0.3) is 6.47 Å². The summed E-state index contributed by atoms with van der Waals surface area (Å²) in [5.74, 6) is 0.837. The molecule has 0 aliphatic carbocycles. The summed E-state index contributed by atoms with van der Waals surface area (Å²) in [7, 11) is 0. The van der Waals surface area contributed by atoms with Crippen molar-refractivity contribution in [3.63, 3.8) is 0 Å². The molecule has 0 radical (unpaired) electrons. The zero-order chi connectivity index (χ0) is 23.0. The molecule has 3 heterocycles. The predicted octanol–water partition coefficient (Wildman–Crippen LogP) is 2.84. The molecule has 0 saturated carbocycles. The van der Waals surface area contributed by atoms with E-state index in [2.05, 4.69) is 32.5 Å². The van der Waals surface area contributed by atoms with Gasteiger partial charge >= 0.3 is 0 Å². The molecule has 1 aromatic heterocycles. The van der Waals surface area contributed by atoms with E-state index in [4.69, 9.17) is 19.4 Å². The first kappa shape index (κ1) is 22.8. The van der Waals surface area contributed by atoms with Crippen LogP contribution in [-0.2, 0) is 14.3 Å². The van der Waals surface area contributed by atoms with Crippen molar-refractivity contribution in [2.24, 2.45) is 0 Å². The highest BCUT2D eigenvalue weighted by Gasteiger charge is 2.30. The maximum atomic E-state index is 12.5. The Bertz CT molecular complexity index is 1090. The molecule has 1 saturated heterocycles. The van der Waals surface area contributed by atoms with Crippen LogP contribution in [0.15, 0.2) is 42.6 Å². The zero-order valence-electron chi connectivity index (χ0n) is 18.3. The first-order valence-electron chi connectivity index (χ1n) is 11.1. The van der Waals surface area contributed by atoms with Gasteiger partial charge in [0, 0.05) is 42.9 Å². The highest BCUT2D eigenvalue weighted by atomic mass is 16.5. The number of rotatable bonds is 6. The number of ether oxygens (including phenoxy) is 2. The second-order valence-corrected chi connectivity index (χ2v) is 7.97. The Morgan fingerprint density at radius 2 is 1.97 bits per heavy atom. The number of morpholine rings is 1. The molecular formula is C24H28N4O5. The van der Waals surface area contributed by atoms with Crippen LogP contribution in [0.3, 0.4) is 0 Å². The van der Waals surface area contributed by atoms with Crippen molar-refractivity contribution in [2.45, 2.75) is 18.8 Å². The molecule has 2 aliphatic rings. The van der Waals surface area contributed by atoms with Gasteiger partial charge in [-0.25, -0.2) is 0 Å². The molecule has 0 spiro atoms. The Morgan fingerprint density at radius 3 is 2.79 bits per heavy atom.